The van der Waals surface area contributed by atoms with Crippen LogP contribution >= 0.6 is 0 Å². The summed E-state index contributed by atoms with van der Waals surface area (Å²) < 4.78 is 129. The second-order valence-corrected chi connectivity index (χ2v) is 36.1. The molecular weight excluding hydrogens is 1970 g/mol. The van der Waals surface area contributed by atoms with Crippen molar-refractivity contribution in [1.29, 1.82) is 0 Å². The molecule has 0 radical (unpaired) electrons. The van der Waals surface area contributed by atoms with Gasteiger partial charge in [-0.25, -0.2) is 0 Å². The molecule has 0 unspecified atom stereocenters. The minimum Gasteiger partial charge on any atom is -0.394 e. The summed E-state index contributed by atoms with van der Waals surface area (Å²) in [5.41, 5.74) is 0. The molecule has 0 bridgehead atoms. The van der Waals surface area contributed by atoms with E-state index in [1.807, 2.05) is 0 Å². The summed E-state index contributed by atoms with van der Waals surface area (Å²) in [4.78, 5) is 75.5. The van der Waals surface area contributed by atoms with Crippen LogP contribution in [-0.2, 0) is 133 Å². The van der Waals surface area contributed by atoms with Crippen molar-refractivity contribution in [2.24, 2.45) is 0 Å². The summed E-state index contributed by atoms with van der Waals surface area (Å²) >= 11 is 0. The summed E-state index contributed by atoms with van der Waals surface area (Å²) in [6.45, 7) is -8.13. The maximum absolute atomic E-state index is 13.2. The van der Waals surface area contributed by atoms with Gasteiger partial charge in [-0.05, 0) is 0 Å². The largest absolute Gasteiger partial charge is 0.394 e. The number of aliphatic hydroxyl groups excluding tert-OH is 30. The lowest BCUT2D eigenvalue weighted by Crippen LogP contribution is -2.70. The Morgan fingerprint density at radius 3 is 0.743 bits per heavy atom. The highest BCUT2D eigenvalue weighted by molar-refractivity contribution is 5.75. The fourth-order valence-corrected chi connectivity index (χ4v) is 18.2. The lowest BCUT2D eigenvalue weighted by atomic mass is 9.94. The predicted octanol–water partition coefficient (Wildman–Crippen LogP) is -25.1. The quantitative estimate of drug-likeness (QED) is 0.0252. The van der Waals surface area contributed by atoms with Gasteiger partial charge in [0.15, 0.2) is 69.2 Å². The second-order valence-electron chi connectivity index (χ2n) is 36.1. The number of carbonyl (C=O) groups excluding carboxylic acids is 6. The molecule has 0 aromatic carbocycles. The lowest BCUT2D eigenvalue weighted by Gasteiger charge is -2.50. The highest BCUT2D eigenvalue weighted by Gasteiger charge is 2.62. The summed E-state index contributed by atoms with van der Waals surface area (Å²) in [5, 5.41) is 349. The van der Waals surface area contributed by atoms with Crippen molar-refractivity contribution >= 4 is 35.9 Å². The van der Waals surface area contributed by atoms with Crippen LogP contribution < -0.4 is 31.9 Å². The minimum atomic E-state index is -2.46. The molecule has 11 heterocycles. The number of hydrogen-bond acceptors (Lipinski definition) is 58. The third kappa shape index (κ3) is 27.3. The maximum atomic E-state index is 13.2. The van der Waals surface area contributed by atoms with E-state index >= 15 is 0 Å². The monoisotopic (exact) mass is 2110 g/mol. The van der Waals surface area contributed by atoms with E-state index in [4.69, 9.17) is 104 Å². The van der Waals surface area contributed by atoms with Crippen molar-refractivity contribution < 1.29 is 286 Å². The summed E-state index contributed by atoms with van der Waals surface area (Å²) in [6, 6.07) is -10.4. The van der Waals surface area contributed by atoms with Crippen LogP contribution in [0.5, 0.6) is 0 Å². The van der Waals surface area contributed by atoms with Gasteiger partial charge in [0.25, 0.3) is 0 Å². The van der Waals surface area contributed by atoms with E-state index in [1.165, 1.54) is 0 Å². The minimum absolute atomic E-state index is 0.246. The molecule has 0 spiro atoms. The van der Waals surface area contributed by atoms with Gasteiger partial charge in [-0.3, -0.25) is 28.8 Å². The Balaban J connectivity index is 0.778. The molecule has 0 aliphatic carbocycles. The zero-order valence-corrected chi connectivity index (χ0v) is 77.4. The molecule has 11 saturated heterocycles. The van der Waals surface area contributed by atoms with Crippen LogP contribution in [0, 0.1) is 0 Å². The lowest BCUT2D eigenvalue weighted by molar-refractivity contribution is -0.383. The molecule has 0 aromatic rings. The molecule has 11 aliphatic rings. The second kappa shape index (κ2) is 53.3. The first-order valence-electron chi connectivity index (χ1n) is 45.9. The number of nitrogens with one attached hydrogen (secondary N) is 6. The molecule has 144 heavy (non-hydrogen) atoms. The molecule has 11 aliphatic heterocycles. The van der Waals surface area contributed by atoms with Crippen LogP contribution in [0.1, 0.15) is 34.6 Å². The fourth-order valence-electron chi connectivity index (χ4n) is 18.2. The molecule has 832 valence electrons. The first-order valence-corrected chi connectivity index (χ1v) is 45.9. The summed E-state index contributed by atoms with van der Waals surface area (Å²) in [7, 11) is 0. The number of rotatable bonds is 42. The van der Waals surface area contributed by atoms with Gasteiger partial charge < -0.3 is 289 Å². The van der Waals surface area contributed by atoms with Crippen LogP contribution in [-0.4, -0.2) is 619 Å². The number of ether oxygens (including phenoxy) is 22. The van der Waals surface area contributed by atoms with Crippen LogP contribution in [0.3, 0.4) is 0 Å². The SMILES string of the molecule is CC(=O)N[C@H]1[C@H](OC[C@H]2O[C@@H](O[C@H]3[C@H](O)[C@@H](NC(C)=O)[C@H](OC[C@H]4O[C@@H](O[C@H]5[C@H](O)[C@@H](NC(C)=O)[C@H](OC[C@H]6O[C@@H](O[C@H]7[C@H](O)[C@@H](NC(C)=O)[C@H](O[C@H]8[C@@H](O)[C@@H](CO)O[C@@H](O[C@H]9[C@H](O)[C@@H](O)[C@H](OC[C@@H](CO)NC=O)O[C@@H]9CO)[C@@H]8O)O[C@@H]7CO)[C@H](O)[C@@H](O)[C@H]6O)O[C@@H]5CO)[C@H](O)[C@@H](O[C@@H]5O[C@H](CO)[C@@H](O)[C@H](O)[C@H]5NC(C)=O)[C@H]4O)O[C@@H]3CO)[C@H](O)[C@@H](O)[C@H]2O)O[C@H](CO)[C@@H](O[C@@H]2O[C@H](CO)[C@H](O)[C@H](O)[C@H]2O)[C@@H]1O. The molecule has 64 heteroatoms. The van der Waals surface area contributed by atoms with E-state index in [2.05, 4.69) is 31.9 Å². The Hall–Kier alpha value is -5.26. The standard InChI is InChI=1S/C80H134N6O58/c1-20(97)82-37-48(108)42(102)26(7-88)127-73(37)144-69-47(107)36(18-126-72-39(84-22(3)99)50(110)64(30(11-92)131-72)139-77-58(118)54(114)44(104)34(135-77)16-124-70-38(83-21(2)98)49(109)63(29(10-91)130-70)138-76-57(117)53(113)43(103)27(8-89)128-76)137-80(62(69)122)141-65-31(12-93)132-71(40(51(65)111)85-23(4)100)125-17-35-45(105)55(115)59(119)78(136-35)140-66-32(13-94)133-74(41(52(66)112)86-24(5)101)143-68-46(106)28(9-90)129-79(61(68)121)142-67-33(14-95)134-75(60(120)56(67)116)123-15-25(6-87)81-19-96/h19,25-80,87-95,102-122H,6-18H2,1-5H3,(H,81,96)(H,82,97)(H,83,98)(H,84,99)(H,85,100)(H,86,101)/t25-,26-,27-,28-,29-,30-,31-,32-,33-,34-,35-,36-,37-,38-,39-,40-,41-,42-,43+,44+,45+,46+,47+,48-,49-,50-,51-,52-,53+,54+,55+,56-,57-,58-,59-,60-,61-,62-,63-,64-,65-,66-,67-,68+,69+,70-,71-,72-,73+,74+,75-,76+,77+,78+,79+,80+/m1/s1. The van der Waals surface area contributed by atoms with E-state index in [0.29, 0.717) is 0 Å². The van der Waals surface area contributed by atoms with E-state index in [-0.39, 0.29) is 6.41 Å². The van der Waals surface area contributed by atoms with Crippen molar-refractivity contribution in [1.82, 2.24) is 31.9 Å². The van der Waals surface area contributed by atoms with E-state index in [0.717, 1.165) is 34.6 Å². The third-order valence-corrected chi connectivity index (χ3v) is 25.9. The van der Waals surface area contributed by atoms with Crippen LogP contribution in [0.2, 0.25) is 0 Å². The van der Waals surface area contributed by atoms with Gasteiger partial charge in [0.05, 0.1) is 91.9 Å². The highest BCUT2D eigenvalue weighted by Crippen LogP contribution is 2.41. The molecule has 56 atom stereocenters. The van der Waals surface area contributed by atoms with Gasteiger partial charge in [-0.1, -0.05) is 0 Å². The van der Waals surface area contributed by atoms with Gasteiger partial charge in [-0.2, -0.15) is 0 Å². The number of amides is 6. The number of aliphatic hydroxyl groups is 30. The van der Waals surface area contributed by atoms with Crippen LogP contribution in [0.4, 0.5) is 0 Å². The van der Waals surface area contributed by atoms with Crippen molar-refractivity contribution in [3.05, 3.63) is 0 Å². The van der Waals surface area contributed by atoms with Crippen LogP contribution in [0.15, 0.2) is 0 Å². The van der Waals surface area contributed by atoms with Gasteiger partial charge in [-0.15, -0.1) is 0 Å². The van der Waals surface area contributed by atoms with Crippen LogP contribution in [0.25, 0.3) is 0 Å². The van der Waals surface area contributed by atoms with E-state index in [1.54, 1.807) is 0 Å². The number of carbonyl (C=O) groups is 6. The summed E-state index contributed by atoms with van der Waals surface area (Å²) in [5.74, 6) is -4.63. The zero-order chi connectivity index (χ0) is 106. The predicted molar refractivity (Wildman–Crippen MR) is 444 cm³/mol. The maximum Gasteiger partial charge on any atom is 0.217 e. The molecule has 6 amide bonds. The molecule has 0 saturated carbocycles. The van der Waals surface area contributed by atoms with E-state index in [9.17, 15) is 182 Å². The van der Waals surface area contributed by atoms with Crippen molar-refractivity contribution in [3.63, 3.8) is 0 Å². The molecule has 11 fully saturated rings. The third-order valence-electron chi connectivity index (χ3n) is 25.9. The Bertz CT molecular complexity index is 3980. The summed E-state index contributed by atoms with van der Waals surface area (Å²) in [6.07, 6.45) is -102. The zero-order valence-electron chi connectivity index (χ0n) is 77.4. The Morgan fingerprint density at radius 1 is 0.229 bits per heavy atom. The highest BCUT2D eigenvalue weighted by atomic mass is 16.8. The molecule has 11 rings (SSSR count). The van der Waals surface area contributed by atoms with Crippen molar-refractivity contribution in [2.45, 2.75) is 378 Å². The number of hydrogen-bond donors (Lipinski definition) is 36. The fraction of sp³-hybridized carbons (Fsp3) is 0.925. The molecular formula is C80H134N6O58. The van der Waals surface area contributed by atoms with Gasteiger partial charge >= 0.3 is 0 Å². The molecule has 64 nitrogen and oxygen atoms in total. The smallest absolute Gasteiger partial charge is 0.217 e. The normalized spacial score (nSPS) is 47.3. The first-order chi connectivity index (χ1) is 68.3. The Labute approximate surface area is 815 Å². The first kappa shape index (κ1) is 119. The van der Waals surface area contributed by atoms with Gasteiger partial charge in [0, 0.05) is 34.6 Å². The Kier molecular flexibility index (Phi) is 44.1. The average Bonchev–Trinajstić information content (AvgIpc) is 0.768. The topological polar surface area (TPSA) is 985 Å². The molecule has 36 N–H and O–H groups in total. The Morgan fingerprint density at radius 2 is 0.444 bits per heavy atom. The molecule has 0 aromatic heterocycles. The van der Waals surface area contributed by atoms with E-state index < -0.39 is 459 Å². The van der Waals surface area contributed by atoms with Crippen molar-refractivity contribution in [3.8, 4) is 0 Å². The van der Waals surface area contributed by atoms with Crippen molar-refractivity contribution in [2.75, 3.05) is 85.9 Å². The average molecular weight is 2110 g/mol. The van der Waals surface area contributed by atoms with Gasteiger partial charge in [0.1, 0.15) is 268 Å². The van der Waals surface area contributed by atoms with Gasteiger partial charge in [0.2, 0.25) is 35.9 Å².